The molecule has 0 fully saturated rings. The fourth-order valence-electron chi connectivity index (χ4n) is 1.12. The van der Waals surface area contributed by atoms with Crippen molar-refractivity contribution >= 4 is 5.97 Å². The van der Waals surface area contributed by atoms with Gasteiger partial charge in [-0.2, -0.15) is 0 Å². The molecule has 0 aliphatic carbocycles. The van der Waals surface area contributed by atoms with Crippen LogP contribution in [0.25, 0.3) is 0 Å². The van der Waals surface area contributed by atoms with Crippen molar-refractivity contribution in [2.24, 2.45) is 5.92 Å². The quantitative estimate of drug-likeness (QED) is 0.808. The Bertz CT molecular complexity index is 379. The molecule has 2 N–H and O–H groups in total. The molecule has 15 heavy (non-hydrogen) atoms. The van der Waals surface area contributed by atoms with Crippen LogP contribution in [0, 0.1) is 17.6 Å². The molecule has 0 bridgehead atoms. The van der Waals surface area contributed by atoms with Crippen LogP contribution in [0.1, 0.15) is 18.6 Å². The molecule has 0 saturated heterocycles. The summed E-state index contributed by atoms with van der Waals surface area (Å²) in [6.45, 7) is 1.29. The van der Waals surface area contributed by atoms with Crippen LogP contribution in [-0.4, -0.2) is 16.2 Å². The molecule has 0 radical (unpaired) electrons. The van der Waals surface area contributed by atoms with Gasteiger partial charge in [-0.25, -0.2) is 8.78 Å². The van der Waals surface area contributed by atoms with E-state index in [0.29, 0.717) is 0 Å². The van der Waals surface area contributed by atoms with Crippen LogP contribution in [0.4, 0.5) is 8.78 Å². The van der Waals surface area contributed by atoms with Crippen molar-refractivity contribution in [1.29, 1.82) is 0 Å². The maximum atomic E-state index is 12.8. The number of hydrogen-bond acceptors (Lipinski definition) is 2. The Morgan fingerprint density at radius 2 is 1.93 bits per heavy atom. The van der Waals surface area contributed by atoms with E-state index in [0.717, 1.165) is 18.2 Å². The van der Waals surface area contributed by atoms with Gasteiger partial charge in [0.05, 0.1) is 12.0 Å². The zero-order chi connectivity index (χ0) is 11.6. The highest BCUT2D eigenvalue weighted by molar-refractivity contribution is 5.70. The topological polar surface area (TPSA) is 57.5 Å². The molecule has 1 rings (SSSR count). The van der Waals surface area contributed by atoms with E-state index in [1.165, 1.54) is 6.92 Å². The standard InChI is InChI=1S/C10H10F2O3/c1-5(10(14)15)9(13)6-2-3-7(11)8(12)4-6/h2-5,9,13H,1H3,(H,14,15). The molecule has 82 valence electrons. The fraction of sp³-hybridized carbons (Fsp3) is 0.300. The van der Waals surface area contributed by atoms with E-state index in [9.17, 15) is 18.7 Å². The molecule has 0 aromatic heterocycles. The number of aliphatic hydroxyl groups excluding tert-OH is 1. The van der Waals surface area contributed by atoms with Gasteiger partial charge < -0.3 is 10.2 Å². The third-order valence-corrected chi connectivity index (χ3v) is 2.15. The van der Waals surface area contributed by atoms with E-state index in [1.807, 2.05) is 0 Å². The number of benzene rings is 1. The van der Waals surface area contributed by atoms with Crippen LogP contribution in [-0.2, 0) is 4.79 Å². The summed E-state index contributed by atoms with van der Waals surface area (Å²) in [5.74, 6) is -4.42. The van der Waals surface area contributed by atoms with Crippen LogP contribution < -0.4 is 0 Å². The summed E-state index contributed by atoms with van der Waals surface area (Å²) in [5.41, 5.74) is 0.0452. The van der Waals surface area contributed by atoms with Gasteiger partial charge in [0.15, 0.2) is 11.6 Å². The van der Waals surface area contributed by atoms with E-state index in [-0.39, 0.29) is 5.56 Å². The van der Waals surface area contributed by atoms with Crippen molar-refractivity contribution in [2.75, 3.05) is 0 Å². The molecule has 2 unspecified atom stereocenters. The summed E-state index contributed by atoms with van der Waals surface area (Å²) < 4.78 is 25.3. The summed E-state index contributed by atoms with van der Waals surface area (Å²) in [4.78, 5) is 10.5. The summed E-state index contributed by atoms with van der Waals surface area (Å²) in [7, 11) is 0. The molecule has 0 aliphatic rings. The lowest BCUT2D eigenvalue weighted by molar-refractivity contribution is -0.145. The van der Waals surface area contributed by atoms with Gasteiger partial charge >= 0.3 is 5.97 Å². The second-order valence-corrected chi connectivity index (χ2v) is 3.25. The summed E-state index contributed by atoms with van der Waals surface area (Å²) in [5, 5.41) is 18.1. The molecule has 3 nitrogen and oxygen atoms in total. The summed E-state index contributed by atoms with van der Waals surface area (Å²) >= 11 is 0. The number of aliphatic hydroxyl groups is 1. The van der Waals surface area contributed by atoms with Crippen molar-refractivity contribution in [3.63, 3.8) is 0 Å². The SMILES string of the molecule is CC(C(=O)O)C(O)c1ccc(F)c(F)c1. The Morgan fingerprint density at radius 3 is 2.40 bits per heavy atom. The van der Waals surface area contributed by atoms with E-state index < -0.39 is 29.6 Å². The van der Waals surface area contributed by atoms with E-state index in [1.54, 1.807) is 0 Å². The maximum absolute atomic E-state index is 12.8. The van der Waals surface area contributed by atoms with Gasteiger partial charge in [0, 0.05) is 0 Å². The largest absolute Gasteiger partial charge is 0.481 e. The molecule has 0 aliphatic heterocycles. The predicted molar refractivity (Wildman–Crippen MR) is 48.1 cm³/mol. The lowest BCUT2D eigenvalue weighted by Crippen LogP contribution is -2.18. The van der Waals surface area contributed by atoms with Gasteiger partial charge in [0.1, 0.15) is 0 Å². The van der Waals surface area contributed by atoms with Crippen molar-refractivity contribution in [2.45, 2.75) is 13.0 Å². The zero-order valence-electron chi connectivity index (χ0n) is 7.95. The first-order valence-electron chi connectivity index (χ1n) is 4.29. The Labute approximate surface area is 85.0 Å². The molecule has 0 saturated carbocycles. The molecule has 2 atom stereocenters. The van der Waals surface area contributed by atoms with Gasteiger partial charge in [0.2, 0.25) is 0 Å². The predicted octanol–water partition coefficient (Wildman–Crippen LogP) is 1.72. The van der Waals surface area contributed by atoms with Crippen LogP contribution in [0.3, 0.4) is 0 Å². The minimum atomic E-state index is -1.35. The fourth-order valence-corrected chi connectivity index (χ4v) is 1.12. The molecular formula is C10H10F2O3. The number of rotatable bonds is 3. The molecule has 5 heteroatoms. The lowest BCUT2D eigenvalue weighted by atomic mass is 9.97. The monoisotopic (exact) mass is 216 g/mol. The third kappa shape index (κ3) is 2.50. The molecule has 0 heterocycles. The maximum Gasteiger partial charge on any atom is 0.309 e. The number of hydrogen-bond donors (Lipinski definition) is 2. The number of carbonyl (C=O) groups is 1. The number of aliphatic carboxylic acids is 1. The van der Waals surface area contributed by atoms with Crippen molar-refractivity contribution < 1.29 is 23.8 Å². The number of carboxylic acid groups (broad SMARTS) is 1. The van der Waals surface area contributed by atoms with E-state index in [4.69, 9.17) is 5.11 Å². The molecule has 0 amide bonds. The van der Waals surface area contributed by atoms with Gasteiger partial charge in [-0.3, -0.25) is 4.79 Å². The first-order valence-corrected chi connectivity index (χ1v) is 4.29. The second kappa shape index (κ2) is 4.35. The minimum absolute atomic E-state index is 0.0452. The summed E-state index contributed by atoms with van der Waals surface area (Å²) in [6.07, 6.45) is -1.35. The minimum Gasteiger partial charge on any atom is -0.481 e. The molecular weight excluding hydrogens is 206 g/mol. The molecule has 1 aromatic rings. The van der Waals surface area contributed by atoms with Crippen LogP contribution in [0.2, 0.25) is 0 Å². The Balaban J connectivity index is 2.96. The average molecular weight is 216 g/mol. The Morgan fingerprint density at radius 1 is 1.33 bits per heavy atom. The van der Waals surface area contributed by atoms with Crippen LogP contribution >= 0.6 is 0 Å². The first kappa shape index (κ1) is 11.6. The summed E-state index contributed by atoms with van der Waals surface area (Å²) in [6, 6.07) is 2.80. The molecule has 0 spiro atoms. The van der Waals surface area contributed by atoms with E-state index >= 15 is 0 Å². The lowest BCUT2D eigenvalue weighted by Gasteiger charge is -2.15. The number of carboxylic acids is 1. The highest BCUT2D eigenvalue weighted by Crippen LogP contribution is 2.23. The third-order valence-electron chi connectivity index (χ3n) is 2.15. The van der Waals surface area contributed by atoms with Crippen LogP contribution in [0.15, 0.2) is 18.2 Å². The van der Waals surface area contributed by atoms with Crippen molar-refractivity contribution in [1.82, 2.24) is 0 Å². The van der Waals surface area contributed by atoms with E-state index in [2.05, 4.69) is 0 Å². The molecule has 1 aromatic carbocycles. The van der Waals surface area contributed by atoms with Gasteiger partial charge in [-0.15, -0.1) is 0 Å². The number of halogens is 2. The van der Waals surface area contributed by atoms with Gasteiger partial charge in [0.25, 0.3) is 0 Å². The first-order chi connectivity index (χ1) is 6.93. The van der Waals surface area contributed by atoms with Gasteiger partial charge in [-0.1, -0.05) is 6.07 Å². The van der Waals surface area contributed by atoms with Crippen LogP contribution in [0.5, 0.6) is 0 Å². The highest BCUT2D eigenvalue weighted by atomic mass is 19.2. The Kier molecular flexibility index (Phi) is 3.36. The Hall–Kier alpha value is -1.49. The average Bonchev–Trinajstić information content (AvgIpc) is 2.19. The highest BCUT2D eigenvalue weighted by Gasteiger charge is 2.23. The van der Waals surface area contributed by atoms with Gasteiger partial charge in [-0.05, 0) is 24.6 Å². The second-order valence-electron chi connectivity index (χ2n) is 3.25. The van der Waals surface area contributed by atoms with Crippen molar-refractivity contribution in [3.05, 3.63) is 35.4 Å². The van der Waals surface area contributed by atoms with Crippen molar-refractivity contribution in [3.8, 4) is 0 Å². The normalized spacial score (nSPS) is 14.7. The smallest absolute Gasteiger partial charge is 0.309 e. The zero-order valence-corrected chi connectivity index (χ0v) is 7.95.